The van der Waals surface area contributed by atoms with E-state index in [2.05, 4.69) is 10.4 Å². The molecule has 0 bridgehead atoms. The maximum Gasteiger partial charge on any atom is 0.236 e. The minimum atomic E-state index is -0.651. The first-order chi connectivity index (χ1) is 17.4. The Balaban J connectivity index is 1.46. The third-order valence-electron chi connectivity index (χ3n) is 6.01. The Kier molecular flexibility index (Phi) is 6.47. The fourth-order valence-electron chi connectivity index (χ4n) is 4.15. The van der Waals surface area contributed by atoms with Gasteiger partial charge in [0.05, 0.1) is 29.5 Å². The van der Waals surface area contributed by atoms with Crippen molar-refractivity contribution >= 4 is 16.8 Å². The van der Waals surface area contributed by atoms with Crippen LogP contribution in [0.1, 0.15) is 25.5 Å². The molecule has 0 saturated heterocycles. The van der Waals surface area contributed by atoms with E-state index in [0.717, 1.165) is 22.2 Å². The van der Waals surface area contributed by atoms with Crippen LogP contribution in [0.2, 0.25) is 0 Å². The predicted molar refractivity (Wildman–Crippen MR) is 133 cm³/mol. The molecule has 3 aromatic carbocycles. The van der Waals surface area contributed by atoms with Crippen LogP contribution in [-0.4, -0.2) is 41.0 Å². The van der Waals surface area contributed by atoms with E-state index in [1.54, 1.807) is 29.9 Å². The topological polar surface area (TPSA) is 101 Å². The maximum atomic E-state index is 13.3. The summed E-state index contributed by atoms with van der Waals surface area (Å²) in [5.41, 5.74) is 8.19. The van der Waals surface area contributed by atoms with Crippen molar-refractivity contribution in [3.63, 3.8) is 0 Å². The van der Waals surface area contributed by atoms with Gasteiger partial charge in [-0.05, 0) is 74.0 Å². The summed E-state index contributed by atoms with van der Waals surface area (Å²) in [4.78, 5) is 12.3. The van der Waals surface area contributed by atoms with Gasteiger partial charge in [-0.3, -0.25) is 4.79 Å². The number of amides is 1. The molecule has 4 aromatic rings. The fraction of sp³-hybridized carbons (Fsp3) is 0.259. The van der Waals surface area contributed by atoms with Gasteiger partial charge in [-0.15, -0.1) is 0 Å². The van der Waals surface area contributed by atoms with Gasteiger partial charge in [-0.25, -0.2) is 9.07 Å². The van der Waals surface area contributed by atoms with E-state index in [0.29, 0.717) is 30.5 Å². The molecule has 36 heavy (non-hydrogen) atoms. The summed E-state index contributed by atoms with van der Waals surface area (Å²) in [6.07, 6.45) is 1.19. The zero-order chi connectivity index (χ0) is 25.2. The van der Waals surface area contributed by atoms with Crippen LogP contribution in [0.25, 0.3) is 16.6 Å². The highest BCUT2D eigenvalue weighted by Gasteiger charge is 2.26. The molecule has 1 aliphatic heterocycles. The molecule has 186 valence electrons. The van der Waals surface area contributed by atoms with Gasteiger partial charge in [0.1, 0.15) is 30.9 Å². The van der Waals surface area contributed by atoms with Gasteiger partial charge in [-0.1, -0.05) is 6.07 Å². The van der Waals surface area contributed by atoms with Crippen molar-refractivity contribution in [1.29, 1.82) is 0 Å². The molecule has 0 saturated carbocycles. The van der Waals surface area contributed by atoms with Gasteiger partial charge in [-0.2, -0.15) is 5.10 Å². The molecule has 2 heterocycles. The highest BCUT2D eigenvalue weighted by molar-refractivity contribution is 5.82. The summed E-state index contributed by atoms with van der Waals surface area (Å²) < 4.78 is 32.9. The van der Waals surface area contributed by atoms with Gasteiger partial charge >= 0.3 is 0 Å². The number of halogens is 1. The third-order valence-corrected chi connectivity index (χ3v) is 6.01. The number of hydrogen-bond acceptors (Lipinski definition) is 6. The van der Waals surface area contributed by atoms with Crippen LogP contribution in [0.4, 0.5) is 4.39 Å². The van der Waals surface area contributed by atoms with Crippen LogP contribution < -0.4 is 25.3 Å². The van der Waals surface area contributed by atoms with Gasteiger partial charge in [0.25, 0.3) is 0 Å². The quantitative estimate of drug-likeness (QED) is 0.408. The Morgan fingerprint density at radius 3 is 2.56 bits per heavy atom. The molecule has 1 aliphatic rings. The monoisotopic (exact) mass is 490 g/mol. The number of fused-ring (bicyclic) bond motifs is 2. The first kappa shape index (κ1) is 23.6. The molecule has 8 nitrogen and oxygen atoms in total. The molecule has 0 radical (unpaired) electrons. The molecule has 1 aromatic heterocycles. The number of aromatic nitrogens is 2. The standard InChI is InChI=1S/C27H27FN4O4/c1-16(29)27(33)31-17(2)26(18-3-10-24-25(14-18)35-12-11-34-24)36-22-8-9-23-19(13-22)15-30-32(23)21-6-4-20(28)5-7-21/h3-10,13-17,26H,11-12,29H2,1-2H3,(H,31,33)/t16-,17+,26+/m1/s1. The smallest absolute Gasteiger partial charge is 0.236 e. The SMILES string of the molecule is C[C@H](NC(=O)[C@@H](C)N)[C@H](Oc1ccc2c(cnn2-c2ccc(F)cc2)c1)c1ccc2c(c1)OCCO2. The second kappa shape index (κ2) is 9.87. The minimum absolute atomic E-state index is 0.273. The molecule has 0 spiro atoms. The van der Waals surface area contributed by atoms with E-state index in [-0.39, 0.29) is 11.7 Å². The van der Waals surface area contributed by atoms with Crippen molar-refractivity contribution < 1.29 is 23.4 Å². The lowest BCUT2D eigenvalue weighted by Gasteiger charge is -2.28. The Morgan fingerprint density at radius 2 is 1.81 bits per heavy atom. The number of nitrogens with zero attached hydrogens (tertiary/aromatic N) is 2. The first-order valence-corrected chi connectivity index (χ1v) is 11.7. The van der Waals surface area contributed by atoms with Gasteiger partial charge in [0, 0.05) is 5.39 Å². The molecule has 0 fully saturated rings. The zero-order valence-electron chi connectivity index (χ0n) is 20.0. The normalized spacial score (nSPS) is 15.2. The zero-order valence-corrected chi connectivity index (χ0v) is 20.0. The largest absolute Gasteiger partial charge is 0.486 e. The van der Waals surface area contributed by atoms with Crippen molar-refractivity contribution in [2.24, 2.45) is 5.73 Å². The van der Waals surface area contributed by atoms with E-state index in [1.807, 2.05) is 43.3 Å². The number of carbonyl (C=O) groups is 1. The molecule has 0 unspecified atom stereocenters. The van der Waals surface area contributed by atoms with Crippen molar-refractivity contribution in [2.75, 3.05) is 13.2 Å². The summed E-state index contributed by atoms with van der Waals surface area (Å²) in [7, 11) is 0. The molecule has 1 amide bonds. The number of benzene rings is 3. The van der Waals surface area contributed by atoms with Crippen LogP contribution >= 0.6 is 0 Å². The van der Waals surface area contributed by atoms with Gasteiger partial charge < -0.3 is 25.3 Å². The number of ether oxygens (including phenoxy) is 3. The Labute approximate surface area is 207 Å². The Bertz CT molecular complexity index is 1390. The number of nitrogens with one attached hydrogen (secondary N) is 1. The second-order valence-electron chi connectivity index (χ2n) is 8.78. The van der Waals surface area contributed by atoms with Crippen LogP contribution in [0.3, 0.4) is 0 Å². The number of nitrogens with two attached hydrogens (primary N) is 1. The number of rotatable bonds is 7. The molecule has 3 N–H and O–H groups in total. The first-order valence-electron chi connectivity index (χ1n) is 11.7. The van der Waals surface area contributed by atoms with Crippen LogP contribution in [0, 0.1) is 5.82 Å². The van der Waals surface area contributed by atoms with E-state index >= 15 is 0 Å². The van der Waals surface area contributed by atoms with Crippen LogP contribution in [0.15, 0.2) is 66.9 Å². The van der Waals surface area contributed by atoms with Crippen molar-refractivity contribution in [3.05, 3.63) is 78.2 Å². The summed E-state index contributed by atoms with van der Waals surface area (Å²) in [6, 6.07) is 16.3. The van der Waals surface area contributed by atoms with E-state index in [1.165, 1.54) is 12.1 Å². The van der Waals surface area contributed by atoms with Crippen molar-refractivity contribution in [3.8, 4) is 22.9 Å². The van der Waals surface area contributed by atoms with Crippen molar-refractivity contribution in [2.45, 2.75) is 32.0 Å². The average Bonchev–Trinajstić information content (AvgIpc) is 3.30. The predicted octanol–water partition coefficient (Wildman–Crippen LogP) is 3.91. The minimum Gasteiger partial charge on any atom is -0.486 e. The molecule has 9 heteroatoms. The number of carbonyl (C=O) groups excluding carboxylic acids is 1. The summed E-state index contributed by atoms with van der Waals surface area (Å²) in [6.45, 7) is 4.47. The summed E-state index contributed by atoms with van der Waals surface area (Å²) in [5, 5.41) is 8.24. The molecule has 0 aliphatic carbocycles. The highest BCUT2D eigenvalue weighted by atomic mass is 19.1. The third kappa shape index (κ3) is 4.83. The lowest BCUT2D eigenvalue weighted by atomic mass is 10.0. The summed E-state index contributed by atoms with van der Waals surface area (Å²) in [5.74, 6) is 1.33. The average molecular weight is 491 g/mol. The van der Waals surface area contributed by atoms with Gasteiger partial charge in [0.2, 0.25) is 5.91 Å². The lowest BCUT2D eigenvalue weighted by molar-refractivity contribution is -0.123. The van der Waals surface area contributed by atoms with E-state index in [9.17, 15) is 9.18 Å². The summed E-state index contributed by atoms with van der Waals surface area (Å²) >= 11 is 0. The molecular weight excluding hydrogens is 463 g/mol. The molecular formula is C27H27FN4O4. The maximum absolute atomic E-state index is 13.3. The van der Waals surface area contributed by atoms with Crippen LogP contribution in [-0.2, 0) is 4.79 Å². The van der Waals surface area contributed by atoms with Gasteiger partial charge in [0.15, 0.2) is 11.5 Å². The highest BCUT2D eigenvalue weighted by Crippen LogP contribution is 2.35. The fourth-order valence-corrected chi connectivity index (χ4v) is 4.15. The lowest BCUT2D eigenvalue weighted by Crippen LogP contribution is -2.46. The second-order valence-corrected chi connectivity index (χ2v) is 8.78. The van der Waals surface area contributed by atoms with E-state index in [4.69, 9.17) is 19.9 Å². The Hall–Kier alpha value is -4.11. The van der Waals surface area contributed by atoms with E-state index < -0.39 is 18.2 Å². The van der Waals surface area contributed by atoms with Crippen LogP contribution in [0.5, 0.6) is 17.2 Å². The number of hydrogen-bond donors (Lipinski definition) is 2. The van der Waals surface area contributed by atoms with Crippen molar-refractivity contribution in [1.82, 2.24) is 15.1 Å². The molecule has 5 rings (SSSR count). The molecule has 3 atom stereocenters. The Morgan fingerprint density at radius 1 is 1.06 bits per heavy atom.